The quantitative estimate of drug-likeness (QED) is 0.575. The molecule has 4 N–H and O–H groups in total. The molecule has 1 atom stereocenters. The van der Waals surface area contributed by atoms with Crippen LogP contribution >= 0.6 is 0 Å². The van der Waals surface area contributed by atoms with Crippen molar-refractivity contribution >= 4 is 17.6 Å². The summed E-state index contributed by atoms with van der Waals surface area (Å²) in [7, 11) is 0. The minimum absolute atomic E-state index is 0.168. The maximum Gasteiger partial charge on any atom is 0.389 e. The third kappa shape index (κ3) is 6.66. The zero-order chi connectivity index (χ0) is 22.6. The summed E-state index contributed by atoms with van der Waals surface area (Å²) in [6, 6.07) is 3.00. The topological polar surface area (TPSA) is 97.1 Å². The predicted molar refractivity (Wildman–Crippen MR) is 111 cm³/mol. The molecule has 2 saturated carbocycles. The van der Waals surface area contributed by atoms with Crippen molar-refractivity contribution in [1.82, 2.24) is 10.3 Å². The van der Waals surface area contributed by atoms with Crippen molar-refractivity contribution in [2.75, 3.05) is 11.9 Å². The molecule has 2 fully saturated rings. The van der Waals surface area contributed by atoms with Crippen LogP contribution in [0, 0.1) is 11.8 Å². The highest BCUT2D eigenvalue weighted by Gasteiger charge is 2.44. The minimum Gasteiger partial charge on any atom is -0.355 e. The Hall–Kier alpha value is -2.16. The van der Waals surface area contributed by atoms with E-state index >= 15 is 0 Å². The SMILES string of the molecule is CC1CCC(C(N)C(=O)Nc2cc(C3(CNC(=O)CCC(F)(F)F)CC3)ccn2)CC1. The lowest BCUT2D eigenvalue weighted by Gasteiger charge is -2.29. The fraction of sp³-hybridized carbons (Fsp3) is 0.682. The maximum atomic E-state index is 12.6. The Morgan fingerprint density at radius 3 is 2.55 bits per heavy atom. The van der Waals surface area contributed by atoms with Crippen molar-refractivity contribution in [3.8, 4) is 0 Å². The third-order valence-electron chi connectivity index (χ3n) is 6.61. The number of hydrogen-bond acceptors (Lipinski definition) is 4. The van der Waals surface area contributed by atoms with Crippen LogP contribution < -0.4 is 16.4 Å². The Morgan fingerprint density at radius 1 is 1.26 bits per heavy atom. The van der Waals surface area contributed by atoms with Crippen molar-refractivity contribution in [2.24, 2.45) is 17.6 Å². The molecule has 3 rings (SSSR count). The van der Waals surface area contributed by atoms with Crippen LogP contribution in [0.4, 0.5) is 19.0 Å². The van der Waals surface area contributed by atoms with Gasteiger partial charge in [-0.3, -0.25) is 9.59 Å². The van der Waals surface area contributed by atoms with E-state index in [9.17, 15) is 22.8 Å². The summed E-state index contributed by atoms with van der Waals surface area (Å²) in [5.74, 6) is 0.375. The number of pyridine rings is 1. The molecule has 9 heteroatoms. The zero-order valence-electron chi connectivity index (χ0n) is 17.8. The van der Waals surface area contributed by atoms with Crippen molar-refractivity contribution < 1.29 is 22.8 Å². The molecule has 6 nitrogen and oxygen atoms in total. The number of halogens is 3. The third-order valence-corrected chi connectivity index (χ3v) is 6.61. The summed E-state index contributed by atoms with van der Waals surface area (Å²) in [6.07, 6.45) is 1.21. The van der Waals surface area contributed by atoms with Crippen molar-refractivity contribution in [3.63, 3.8) is 0 Å². The second-order valence-corrected chi connectivity index (χ2v) is 9.14. The molecule has 1 unspecified atom stereocenters. The van der Waals surface area contributed by atoms with Gasteiger partial charge in [0, 0.05) is 24.6 Å². The van der Waals surface area contributed by atoms with Crippen LogP contribution in [0.25, 0.3) is 0 Å². The first-order valence-electron chi connectivity index (χ1n) is 10.9. The average Bonchev–Trinajstić information content (AvgIpc) is 3.52. The highest BCUT2D eigenvalue weighted by Crippen LogP contribution is 2.48. The molecule has 0 aliphatic heterocycles. The highest BCUT2D eigenvalue weighted by molar-refractivity contribution is 5.94. The van der Waals surface area contributed by atoms with Crippen molar-refractivity contribution in [3.05, 3.63) is 23.9 Å². The van der Waals surface area contributed by atoms with Crippen LogP contribution in [0.5, 0.6) is 0 Å². The number of nitrogens with two attached hydrogens (primary N) is 1. The van der Waals surface area contributed by atoms with Crippen molar-refractivity contribution in [2.45, 2.75) is 75.9 Å². The molecule has 172 valence electrons. The minimum atomic E-state index is -4.34. The van der Waals surface area contributed by atoms with E-state index in [0.717, 1.165) is 44.1 Å². The molecular weight excluding hydrogens is 409 g/mol. The molecule has 0 saturated heterocycles. The first kappa shape index (κ1) is 23.5. The van der Waals surface area contributed by atoms with E-state index in [1.54, 1.807) is 12.3 Å². The second kappa shape index (κ2) is 9.54. The summed E-state index contributed by atoms with van der Waals surface area (Å²) in [5, 5.41) is 5.42. The predicted octanol–water partition coefficient (Wildman–Crippen LogP) is 3.66. The van der Waals surface area contributed by atoms with Gasteiger partial charge in [0.1, 0.15) is 5.82 Å². The smallest absolute Gasteiger partial charge is 0.355 e. The van der Waals surface area contributed by atoms with Crippen LogP contribution in [-0.2, 0) is 15.0 Å². The van der Waals surface area contributed by atoms with Crippen LogP contribution in [0.1, 0.15) is 63.9 Å². The molecule has 2 aliphatic rings. The van der Waals surface area contributed by atoms with E-state index in [1.165, 1.54) is 0 Å². The van der Waals surface area contributed by atoms with Crippen LogP contribution in [0.2, 0.25) is 0 Å². The van der Waals surface area contributed by atoms with Gasteiger partial charge < -0.3 is 16.4 Å². The molecule has 1 aromatic rings. The van der Waals surface area contributed by atoms with Gasteiger partial charge in [-0.05, 0) is 55.2 Å². The van der Waals surface area contributed by atoms with Crippen LogP contribution in [-0.4, -0.2) is 35.6 Å². The maximum absolute atomic E-state index is 12.6. The van der Waals surface area contributed by atoms with Gasteiger partial charge >= 0.3 is 6.18 Å². The van der Waals surface area contributed by atoms with Gasteiger partial charge in [0.2, 0.25) is 11.8 Å². The summed E-state index contributed by atoms with van der Waals surface area (Å²) in [5.41, 5.74) is 6.77. The first-order chi connectivity index (χ1) is 14.6. The summed E-state index contributed by atoms with van der Waals surface area (Å²) in [4.78, 5) is 28.6. The number of alkyl halides is 3. The highest BCUT2D eigenvalue weighted by atomic mass is 19.4. The standard InChI is InChI=1S/C22H31F3N4O2/c1-14-2-4-15(5-3-14)19(26)20(31)29-17-12-16(7-11-27-17)21(9-10-21)13-28-18(30)6-8-22(23,24)25/h7,11-12,14-15,19H,2-6,8-10,13,26H2,1H3,(H,28,30)(H,27,29,31). The number of amides is 2. The second-order valence-electron chi connectivity index (χ2n) is 9.14. The fourth-order valence-electron chi connectivity index (χ4n) is 4.23. The Morgan fingerprint density at radius 2 is 1.94 bits per heavy atom. The zero-order valence-corrected chi connectivity index (χ0v) is 17.8. The first-order valence-corrected chi connectivity index (χ1v) is 10.9. The van der Waals surface area contributed by atoms with Crippen LogP contribution in [0.15, 0.2) is 18.3 Å². The number of nitrogens with one attached hydrogen (secondary N) is 2. The largest absolute Gasteiger partial charge is 0.389 e. The monoisotopic (exact) mass is 440 g/mol. The van der Waals surface area contributed by atoms with E-state index in [0.29, 0.717) is 11.7 Å². The van der Waals surface area contributed by atoms with Gasteiger partial charge in [-0.2, -0.15) is 13.2 Å². The van der Waals surface area contributed by atoms with Gasteiger partial charge in [-0.15, -0.1) is 0 Å². The molecule has 2 aliphatic carbocycles. The molecule has 1 aromatic heterocycles. The van der Waals surface area contributed by atoms with Gasteiger partial charge in [0.15, 0.2) is 0 Å². The molecule has 31 heavy (non-hydrogen) atoms. The molecule has 2 amide bonds. The lowest BCUT2D eigenvalue weighted by Crippen LogP contribution is -2.43. The average molecular weight is 441 g/mol. The number of aromatic nitrogens is 1. The normalized spacial score (nSPS) is 23.6. The number of rotatable bonds is 8. The molecular formula is C22H31F3N4O2. The van der Waals surface area contributed by atoms with Gasteiger partial charge in [-0.1, -0.05) is 19.8 Å². The lowest BCUT2D eigenvalue weighted by atomic mass is 9.79. The fourth-order valence-corrected chi connectivity index (χ4v) is 4.23. The van der Waals surface area contributed by atoms with E-state index in [-0.39, 0.29) is 23.8 Å². The Bertz CT molecular complexity index is 787. The number of carbonyl (C=O) groups is 2. The Kier molecular flexibility index (Phi) is 7.24. The summed E-state index contributed by atoms with van der Waals surface area (Å²) in [6.45, 7) is 2.48. The number of anilines is 1. The van der Waals surface area contributed by atoms with Crippen LogP contribution in [0.3, 0.4) is 0 Å². The number of nitrogens with zero attached hydrogens (tertiary/aromatic N) is 1. The number of carbonyl (C=O) groups excluding carboxylic acids is 2. The summed E-state index contributed by atoms with van der Waals surface area (Å²) < 4.78 is 36.8. The molecule has 0 spiro atoms. The molecule has 0 aromatic carbocycles. The number of hydrogen-bond donors (Lipinski definition) is 3. The molecule has 0 radical (unpaired) electrons. The van der Waals surface area contributed by atoms with E-state index < -0.39 is 31.0 Å². The molecule has 0 bridgehead atoms. The summed E-state index contributed by atoms with van der Waals surface area (Å²) >= 11 is 0. The van der Waals surface area contributed by atoms with E-state index in [4.69, 9.17) is 5.73 Å². The van der Waals surface area contributed by atoms with Gasteiger partial charge in [-0.25, -0.2) is 4.98 Å². The Labute approximate surface area is 180 Å². The molecule has 1 heterocycles. The van der Waals surface area contributed by atoms with Gasteiger partial charge in [0.25, 0.3) is 0 Å². The van der Waals surface area contributed by atoms with E-state index in [1.807, 2.05) is 6.07 Å². The Balaban J connectivity index is 1.54. The van der Waals surface area contributed by atoms with E-state index in [2.05, 4.69) is 22.5 Å². The lowest BCUT2D eigenvalue weighted by molar-refractivity contribution is -0.144. The van der Waals surface area contributed by atoms with Gasteiger partial charge in [0.05, 0.1) is 12.5 Å². The van der Waals surface area contributed by atoms with Crippen molar-refractivity contribution in [1.29, 1.82) is 0 Å².